The van der Waals surface area contributed by atoms with Gasteiger partial charge in [0.1, 0.15) is 0 Å². The van der Waals surface area contributed by atoms with E-state index in [9.17, 15) is 4.79 Å². The topological polar surface area (TPSA) is 20.9 Å². The minimum absolute atomic E-state index is 0. The van der Waals surface area contributed by atoms with E-state index >= 15 is 0 Å². The summed E-state index contributed by atoms with van der Waals surface area (Å²) in [5.41, 5.74) is 4.85. The number of hydrogen-bond acceptors (Lipinski definition) is 1. The maximum absolute atomic E-state index is 12.2. The number of ketones is 1. The fourth-order valence-electron chi connectivity index (χ4n) is 2.49. The van der Waals surface area contributed by atoms with Gasteiger partial charge in [0.2, 0.25) is 12.3 Å². The first-order chi connectivity index (χ1) is 9.06. The van der Waals surface area contributed by atoms with Gasteiger partial charge in [-0.25, -0.2) is 0 Å². The number of rotatable bonds is 4. The van der Waals surface area contributed by atoms with Crippen LogP contribution in [0.3, 0.4) is 0 Å². The van der Waals surface area contributed by atoms with Crippen molar-refractivity contribution in [2.75, 3.05) is 0 Å². The molecule has 1 radical (unpaired) electrons. The molecule has 0 fully saturated rings. The number of pyridine rings is 1. The average Bonchev–Trinajstić information content (AvgIpc) is 2.35. The van der Waals surface area contributed by atoms with E-state index in [0.717, 1.165) is 0 Å². The largest absolute Gasteiger partial charge is 0.292 e. The number of benzene rings is 1. The molecule has 1 aromatic carbocycles. The van der Waals surface area contributed by atoms with Crippen LogP contribution in [0.2, 0.25) is 0 Å². The minimum Gasteiger partial charge on any atom is -0.292 e. The number of aryl methyl sites for hydroxylation is 3. The summed E-state index contributed by atoms with van der Waals surface area (Å²) >= 11 is 0. The molecule has 0 aliphatic carbocycles. The molecule has 2 rings (SSSR count). The van der Waals surface area contributed by atoms with Crippen molar-refractivity contribution in [1.29, 1.82) is 0 Å². The SMILES string of the molecule is Cc1cc(C)c(CC(=O)C[n+]2ccccc2)c(C)c1.[Y]. The molecule has 0 unspecified atom stereocenters. The van der Waals surface area contributed by atoms with Crippen LogP contribution < -0.4 is 4.57 Å². The van der Waals surface area contributed by atoms with Gasteiger partial charge in [-0.1, -0.05) is 23.8 Å². The van der Waals surface area contributed by atoms with Gasteiger partial charge in [-0.2, -0.15) is 4.57 Å². The van der Waals surface area contributed by atoms with Gasteiger partial charge in [-0.15, -0.1) is 0 Å². The van der Waals surface area contributed by atoms with Crippen molar-refractivity contribution in [3.8, 4) is 0 Å². The van der Waals surface area contributed by atoms with Crippen LogP contribution in [-0.4, -0.2) is 5.78 Å². The molecule has 20 heavy (non-hydrogen) atoms. The Bertz CT molecular complexity index is 570. The molecule has 0 amide bonds. The molecule has 0 N–H and O–H groups in total. The van der Waals surface area contributed by atoms with Gasteiger partial charge >= 0.3 is 0 Å². The molecule has 0 aliphatic rings. The predicted molar refractivity (Wildman–Crippen MR) is 76.0 cm³/mol. The number of carbonyl (C=O) groups excluding carboxylic acids is 1. The molecule has 0 spiro atoms. The molecule has 1 heterocycles. The summed E-state index contributed by atoms with van der Waals surface area (Å²) < 4.78 is 1.92. The van der Waals surface area contributed by atoms with Gasteiger partial charge in [0.05, 0.1) is 0 Å². The molecule has 2 nitrogen and oxygen atoms in total. The third-order valence-electron chi connectivity index (χ3n) is 3.35. The van der Waals surface area contributed by atoms with Crippen molar-refractivity contribution < 1.29 is 42.1 Å². The van der Waals surface area contributed by atoms with Crippen LogP contribution in [0.1, 0.15) is 22.3 Å². The molecule has 1 aromatic heterocycles. The van der Waals surface area contributed by atoms with Crippen LogP contribution in [0.4, 0.5) is 0 Å². The van der Waals surface area contributed by atoms with E-state index in [0.29, 0.717) is 13.0 Å². The van der Waals surface area contributed by atoms with Crippen LogP contribution in [0, 0.1) is 20.8 Å². The fourth-order valence-corrected chi connectivity index (χ4v) is 2.49. The summed E-state index contributed by atoms with van der Waals surface area (Å²) in [6.45, 7) is 6.69. The normalized spacial score (nSPS) is 9.95. The Morgan fingerprint density at radius 1 is 1.00 bits per heavy atom. The average molecular weight is 343 g/mol. The van der Waals surface area contributed by atoms with Gasteiger partial charge in [0, 0.05) is 51.3 Å². The van der Waals surface area contributed by atoms with Crippen LogP contribution in [-0.2, 0) is 50.5 Å². The van der Waals surface area contributed by atoms with E-state index in [2.05, 4.69) is 32.9 Å². The van der Waals surface area contributed by atoms with E-state index in [1.807, 2.05) is 35.2 Å². The van der Waals surface area contributed by atoms with E-state index < -0.39 is 0 Å². The Labute approximate surface area is 146 Å². The maximum Gasteiger partial charge on any atom is 0.206 e. The molecule has 0 atom stereocenters. The zero-order chi connectivity index (χ0) is 13.8. The summed E-state index contributed by atoms with van der Waals surface area (Å²) in [5.74, 6) is 0.242. The van der Waals surface area contributed by atoms with Crippen molar-refractivity contribution in [1.82, 2.24) is 0 Å². The Morgan fingerprint density at radius 2 is 1.55 bits per heavy atom. The number of carbonyl (C=O) groups is 1. The smallest absolute Gasteiger partial charge is 0.206 e. The Kier molecular flexibility index (Phi) is 6.71. The van der Waals surface area contributed by atoms with E-state index in [-0.39, 0.29) is 38.5 Å². The van der Waals surface area contributed by atoms with Gasteiger partial charge < -0.3 is 0 Å². The number of Topliss-reactive ketones (excluding diaryl/α,β-unsaturated/α-hetero) is 1. The minimum atomic E-state index is 0. The third-order valence-corrected chi connectivity index (χ3v) is 3.35. The summed E-state index contributed by atoms with van der Waals surface area (Å²) in [6.07, 6.45) is 4.36. The second kappa shape index (κ2) is 7.80. The standard InChI is InChI=1S/C17H20NO.Y/c1-13-9-14(2)17(15(3)10-13)11-16(19)12-18-7-5-4-6-8-18;/h4-10H,11-12H2,1-3H3;/q+1;. The van der Waals surface area contributed by atoms with Crippen molar-refractivity contribution in [3.63, 3.8) is 0 Å². The maximum atomic E-state index is 12.2. The predicted octanol–water partition coefficient (Wildman–Crippen LogP) is 2.71. The molecule has 0 saturated heterocycles. The second-order valence-electron chi connectivity index (χ2n) is 5.14. The van der Waals surface area contributed by atoms with Crippen molar-refractivity contribution >= 4 is 5.78 Å². The Balaban J connectivity index is 0.00000200. The first-order valence-corrected chi connectivity index (χ1v) is 6.59. The van der Waals surface area contributed by atoms with Crippen LogP contribution in [0.5, 0.6) is 0 Å². The van der Waals surface area contributed by atoms with Gasteiger partial charge in [-0.05, 0) is 37.5 Å². The number of hydrogen-bond donors (Lipinski definition) is 0. The third kappa shape index (κ3) is 4.61. The summed E-state index contributed by atoms with van der Waals surface area (Å²) in [6, 6.07) is 10.1. The molecule has 0 saturated carbocycles. The van der Waals surface area contributed by atoms with E-state index in [4.69, 9.17) is 0 Å². The van der Waals surface area contributed by atoms with Crippen molar-refractivity contribution in [3.05, 3.63) is 65.0 Å². The summed E-state index contributed by atoms with van der Waals surface area (Å²) in [5, 5.41) is 0. The monoisotopic (exact) mass is 343 g/mol. The molecular formula is C17H20NOY+. The zero-order valence-corrected chi connectivity index (χ0v) is 15.2. The van der Waals surface area contributed by atoms with Crippen LogP contribution in [0.15, 0.2) is 42.7 Å². The summed E-state index contributed by atoms with van der Waals surface area (Å²) in [7, 11) is 0. The van der Waals surface area contributed by atoms with Gasteiger partial charge in [0.15, 0.2) is 12.4 Å². The molecule has 0 aliphatic heterocycles. The number of aromatic nitrogens is 1. The van der Waals surface area contributed by atoms with Crippen LogP contribution >= 0.6 is 0 Å². The first-order valence-electron chi connectivity index (χ1n) is 6.59. The second-order valence-corrected chi connectivity index (χ2v) is 5.14. The fraction of sp³-hybridized carbons (Fsp3) is 0.294. The molecule has 101 valence electrons. The Morgan fingerprint density at radius 3 is 2.10 bits per heavy atom. The molecular weight excluding hydrogens is 323 g/mol. The Hall–Kier alpha value is -0.856. The molecule has 0 bridgehead atoms. The van der Waals surface area contributed by atoms with Gasteiger partial charge in [-0.3, -0.25) is 4.79 Å². The summed E-state index contributed by atoms with van der Waals surface area (Å²) in [4.78, 5) is 12.2. The van der Waals surface area contributed by atoms with Crippen molar-refractivity contribution in [2.24, 2.45) is 0 Å². The van der Waals surface area contributed by atoms with Gasteiger partial charge in [0.25, 0.3) is 0 Å². The molecule has 3 heteroatoms. The first kappa shape index (κ1) is 17.2. The number of nitrogens with zero attached hydrogens (tertiary/aromatic N) is 1. The van der Waals surface area contributed by atoms with E-state index in [1.54, 1.807) is 0 Å². The van der Waals surface area contributed by atoms with Crippen LogP contribution in [0.25, 0.3) is 0 Å². The quantitative estimate of drug-likeness (QED) is 0.782. The molecule has 2 aromatic rings. The van der Waals surface area contributed by atoms with Crippen molar-refractivity contribution in [2.45, 2.75) is 33.7 Å². The van der Waals surface area contributed by atoms with E-state index in [1.165, 1.54) is 22.3 Å². The zero-order valence-electron chi connectivity index (χ0n) is 12.4.